The number of hydrazone groups is 1. The Bertz CT molecular complexity index is 1380. The SMILES string of the molecule is O=C(N/N=C/c1cccc(O)c1O)c1cccc(Nc2ncnc3sc4c(c23)CCCC4)c1. The molecule has 0 aliphatic heterocycles. The van der Waals surface area contributed by atoms with Crippen LogP contribution in [0.15, 0.2) is 53.9 Å². The number of fused-ring (bicyclic) bond motifs is 3. The molecule has 1 aliphatic carbocycles. The monoisotopic (exact) mass is 459 g/mol. The molecular formula is C24H21N5O3S. The minimum atomic E-state index is -0.407. The highest BCUT2D eigenvalue weighted by atomic mass is 32.1. The molecule has 2 aromatic heterocycles. The van der Waals surface area contributed by atoms with Gasteiger partial charge >= 0.3 is 0 Å². The second-order valence-corrected chi connectivity index (χ2v) is 8.82. The molecule has 0 saturated heterocycles. The highest BCUT2D eigenvalue weighted by molar-refractivity contribution is 7.19. The van der Waals surface area contributed by atoms with Crippen LogP contribution in [0.2, 0.25) is 0 Å². The van der Waals surface area contributed by atoms with E-state index < -0.39 is 5.91 Å². The van der Waals surface area contributed by atoms with E-state index in [1.807, 2.05) is 6.07 Å². The van der Waals surface area contributed by atoms with E-state index in [9.17, 15) is 15.0 Å². The number of carbonyl (C=O) groups is 1. The van der Waals surface area contributed by atoms with Gasteiger partial charge in [-0.05, 0) is 61.6 Å². The maximum atomic E-state index is 12.6. The van der Waals surface area contributed by atoms with Crippen LogP contribution in [0, 0.1) is 0 Å². The van der Waals surface area contributed by atoms with Gasteiger partial charge in [-0.1, -0.05) is 12.1 Å². The summed E-state index contributed by atoms with van der Waals surface area (Å²) in [7, 11) is 0. The molecule has 0 fully saturated rings. The van der Waals surface area contributed by atoms with Crippen LogP contribution in [0.1, 0.15) is 39.2 Å². The molecule has 0 saturated carbocycles. The van der Waals surface area contributed by atoms with Crippen molar-refractivity contribution < 1.29 is 15.0 Å². The average Bonchev–Trinajstić information content (AvgIpc) is 3.21. The molecule has 166 valence electrons. The van der Waals surface area contributed by atoms with Crippen molar-refractivity contribution in [3.63, 3.8) is 0 Å². The van der Waals surface area contributed by atoms with Crippen LogP contribution in [-0.2, 0) is 12.8 Å². The molecule has 5 rings (SSSR count). The molecule has 4 aromatic rings. The van der Waals surface area contributed by atoms with Crippen molar-refractivity contribution in [1.29, 1.82) is 0 Å². The van der Waals surface area contributed by atoms with Gasteiger partial charge in [-0.2, -0.15) is 5.10 Å². The lowest BCUT2D eigenvalue weighted by atomic mass is 9.97. The first-order valence-electron chi connectivity index (χ1n) is 10.6. The van der Waals surface area contributed by atoms with Gasteiger partial charge in [0.25, 0.3) is 5.91 Å². The van der Waals surface area contributed by atoms with Gasteiger partial charge in [0.05, 0.1) is 11.6 Å². The Morgan fingerprint density at radius 2 is 1.94 bits per heavy atom. The zero-order valence-electron chi connectivity index (χ0n) is 17.6. The molecule has 1 aliphatic rings. The van der Waals surface area contributed by atoms with E-state index in [0.29, 0.717) is 5.56 Å². The molecular weight excluding hydrogens is 438 g/mol. The molecule has 0 bridgehead atoms. The second-order valence-electron chi connectivity index (χ2n) is 7.73. The number of amides is 1. The predicted molar refractivity (Wildman–Crippen MR) is 129 cm³/mol. The number of phenolic OH excluding ortho intramolecular Hbond substituents is 2. The van der Waals surface area contributed by atoms with E-state index in [4.69, 9.17) is 0 Å². The summed E-state index contributed by atoms with van der Waals surface area (Å²) in [6, 6.07) is 11.6. The Morgan fingerprint density at radius 3 is 2.85 bits per heavy atom. The number of thiophene rings is 1. The molecule has 0 radical (unpaired) electrons. The number of nitrogens with zero attached hydrogens (tertiary/aromatic N) is 3. The van der Waals surface area contributed by atoms with Gasteiger partial charge in [0.1, 0.15) is 17.0 Å². The lowest BCUT2D eigenvalue weighted by Gasteiger charge is -2.12. The van der Waals surface area contributed by atoms with Crippen molar-refractivity contribution in [2.24, 2.45) is 5.10 Å². The standard InChI is InChI=1S/C24H21N5O3S/c30-18-9-4-6-15(21(18)31)12-27-29-23(32)14-5-3-7-16(11-14)28-22-20-17-8-1-2-10-19(17)33-24(20)26-13-25-22/h3-7,9,11-13,30-31H,1-2,8,10H2,(H,29,32)(H,25,26,28)/b27-12+. The van der Waals surface area contributed by atoms with Gasteiger partial charge in [-0.25, -0.2) is 15.4 Å². The number of benzene rings is 2. The van der Waals surface area contributed by atoms with Crippen molar-refractivity contribution in [3.05, 3.63) is 70.4 Å². The zero-order valence-corrected chi connectivity index (χ0v) is 18.4. The highest BCUT2D eigenvalue weighted by Crippen LogP contribution is 2.38. The fourth-order valence-corrected chi connectivity index (χ4v) is 5.17. The average molecular weight is 460 g/mol. The fourth-order valence-electron chi connectivity index (χ4n) is 3.94. The Morgan fingerprint density at radius 1 is 1.09 bits per heavy atom. The Hall–Kier alpha value is -3.98. The first kappa shape index (κ1) is 20.9. The molecule has 8 nitrogen and oxygen atoms in total. The van der Waals surface area contributed by atoms with Crippen molar-refractivity contribution in [1.82, 2.24) is 15.4 Å². The normalized spacial score (nSPS) is 13.2. The zero-order chi connectivity index (χ0) is 22.8. The van der Waals surface area contributed by atoms with Gasteiger partial charge in [0, 0.05) is 21.7 Å². The quantitative estimate of drug-likeness (QED) is 0.198. The molecule has 4 N–H and O–H groups in total. The number of rotatable bonds is 5. The molecule has 0 atom stereocenters. The topological polar surface area (TPSA) is 120 Å². The predicted octanol–water partition coefficient (Wildman–Crippen LogP) is 4.49. The van der Waals surface area contributed by atoms with E-state index in [1.165, 1.54) is 35.6 Å². The van der Waals surface area contributed by atoms with Gasteiger partial charge in [0.15, 0.2) is 11.5 Å². The van der Waals surface area contributed by atoms with Crippen LogP contribution >= 0.6 is 11.3 Å². The lowest BCUT2D eigenvalue weighted by molar-refractivity contribution is 0.0955. The molecule has 2 heterocycles. The van der Waals surface area contributed by atoms with Gasteiger partial charge in [-0.15, -0.1) is 11.3 Å². The van der Waals surface area contributed by atoms with E-state index in [2.05, 4.69) is 25.8 Å². The van der Waals surface area contributed by atoms with Crippen LogP contribution in [-0.4, -0.2) is 32.3 Å². The Kier molecular flexibility index (Phi) is 5.62. The number of aromatic hydroxyl groups is 2. The van der Waals surface area contributed by atoms with Crippen LogP contribution < -0.4 is 10.7 Å². The Labute approximate surface area is 193 Å². The maximum absolute atomic E-state index is 12.6. The van der Waals surface area contributed by atoms with Crippen LogP contribution in [0.3, 0.4) is 0 Å². The van der Waals surface area contributed by atoms with Gasteiger partial charge in [0.2, 0.25) is 0 Å². The Balaban J connectivity index is 1.35. The van der Waals surface area contributed by atoms with E-state index >= 15 is 0 Å². The summed E-state index contributed by atoms with van der Waals surface area (Å²) in [5, 5.41) is 27.7. The van der Waals surface area contributed by atoms with Gasteiger partial charge < -0.3 is 15.5 Å². The van der Waals surface area contributed by atoms with Crippen LogP contribution in [0.25, 0.3) is 10.2 Å². The molecule has 1 amide bonds. The van der Waals surface area contributed by atoms with E-state index in [1.54, 1.807) is 48.0 Å². The summed E-state index contributed by atoms with van der Waals surface area (Å²) in [6.45, 7) is 0. The van der Waals surface area contributed by atoms with Crippen molar-refractivity contribution in [2.75, 3.05) is 5.32 Å². The molecule has 2 aromatic carbocycles. The molecule has 0 unspecified atom stereocenters. The number of nitrogens with one attached hydrogen (secondary N) is 2. The van der Waals surface area contributed by atoms with Crippen LogP contribution in [0.4, 0.5) is 11.5 Å². The lowest BCUT2D eigenvalue weighted by Crippen LogP contribution is -2.17. The molecule has 33 heavy (non-hydrogen) atoms. The number of aryl methyl sites for hydroxylation is 2. The number of carbonyl (C=O) groups excluding carboxylic acids is 1. The van der Waals surface area contributed by atoms with Crippen molar-refractivity contribution >= 4 is 45.2 Å². The fraction of sp³-hybridized carbons (Fsp3) is 0.167. The number of hydrogen-bond donors (Lipinski definition) is 4. The number of phenols is 2. The summed E-state index contributed by atoms with van der Waals surface area (Å²) in [6.07, 6.45) is 7.34. The molecule has 0 spiro atoms. The minimum Gasteiger partial charge on any atom is -0.504 e. The van der Waals surface area contributed by atoms with Crippen molar-refractivity contribution in [3.8, 4) is 11.5 Å². The third-order valence-electron chi connectivity index (χ3n) is 5.55. The largest absolute Gasteiger partial charge is 0.504 e. The summed E-state index contributed by atoms with van der Waals surface area (Å²) >= 11 is 1.74. The maximum Gasteiger partial charge on any atom is 0.271 e. The van der Waals surface area contributed by atoms with Crippen LogP contribution in [0.5, 0.6) is 11.5 Å². The summed E-state index contributed by atoms with van der Waals surface area (Å²) in [4.78, 5) is 23.9. The summed E-state index contributed by atoms with van der Waals surface area (Å²) in [5.41, 5.74) is 5.20. The van der Waals surface area contributed by atoms with Gasteiger partial charge in [-0.3, -0.25) is 4.79 Å². The number of aromatic nitrogens is 2. The third kappa shape index (κ3) is 4.22. The smallest absolute Gasteiger partial charge is 0.271 e. The first-order valence-corrected chi connectivity index (χ1v) is 11.4. The summed E-state index contributed by atoms with van der Waals surface area (Å²) < 4.78 is 0. The third-order valence-corrected chi connectivity index (χ3v) is 6.75. The minimum absolute atomic E-state index is 0.255. The number of para-hydroxylation sites is 1. The van der Waals surface area contributed by atoms with E-state index in [0.717, 1.165) is 34.6 Å². The van der Waals surface area contributed by atoms with E-state index in [-0.39, 0.29) is 17.1 Å². The molecule has 9 heteroatoms. The number of hydrogen-bond acceptors (Lipinski definition) is 8. The highest BCUT2D eigenvalue weighted by Gasteiger charge is 2.20. The first-order chi connectivity index (χ1) is 16.1. The number of anilines is 2. The second kappa shape index (κ2) is 8.87. The van der Waals surface area contributed by atoms with Crippen molar-refractivity contribution in [2.45, 2.75) is 25.7 Å². The summed E-state index contributed by atoms with van der Waals surface area (Å²) in [5.74, 6) is -0.215.